The number of nitrogens with one attached hydrogen (secondary N) is 3. The first kappa shape index (κ1) is 18.2. The highest BCUT2D eigenvalue weighted by molar-refractivity contribution is 7.71. The van der Waals surface area contributed by atoms with Gasteiger partial charge in [-0.1, -0.05) is 0 Å². The van der Waals surface area contributed by atoms with Crippen LogP contribution in [-0.4, -0.2) is 35.6 Å². The topological polar surface area (TPSA) is 135 Å². The van der Waals surface area contributed by atoms with E-state index in [-0.39, 0.29) is 11.3 Å². The number of carbonyl (C=O) groups is 1. The molecule has 1 amide bonds. The number of nitrogens with two attached hydrogens (primary N) is 1. The number of amides is 1. The number of benzene rings is 1. The molecule has 1 heterocycles. The maximum absolute atomic E-state index is 12.0. The lowest BCUT2D eigenvalue weighted by Gasteiger charge is -2.16. The fourth-order valence-electron chi connectivity index (χ4n) is 2.24. The fourth-order valence-corrected chi connectivity index (χ4v) is 2.51. The summed E-state index contributed by atoms with van der Waals surface area (Å²) in [7, 11) is 3.00. The lowest BCUT2D eigenvalue weighted by Crippen LogP contribution is -2.38. The van der Waals surface area contributed by atoms with Crippen LogP contribution in [-0.2, 0) is 11.3 Å². The summed E-state index contributed by atoms with van der Waals surface area (Å²) in [6.07, 6.45) is 0. The van der Waals surface area contributed by atoms with Crippen molar-refractivity contribution in [2.24, 2.45) is 5.73 Å². The molecule has 0 aliphatic carbocycles. The Morgan fingerprint density at radius 3 is 2.68 bits per heavy atom. The molecule has 0 unspecified atom stereocenters. The average Bonchev–Trinajstić information content (AvgIpc) is 2.55. The normalized spacial score (nSPS) is 10.2. The van der Waals surface area contributed by atoms with E-state index in [1.807, 2.05) is 0 Å². The Balaban J connectivity index is 2.61. The van der Waals surface area contributed by atoms with E-state index in [2.05, 4.69) is 10.3 Å². The molecule has 1 aromatic carbocycles. The molecule has 0 aliphatic rings. The number of guanidine groups is 1. The molecule has 0 saturated heterocycles. The van der Waals surface area contributed by atoms with Crippen LogP contribution in [0.4, 0.5) is 0 Å². The van der Waals surface area contributed by atoms with Crippen LogP contribution in [0.25, 0.3) is 11.3 Å². The summed E-state index contributed by atoms with van der Waals surface area (Å²) in [4.78, 5) is 26.3. The minimum Gasteiger partial charge on any atom is -0.497 e. The lowest BCUT2D eigenvalue weighted by atomic mass is 10.1. The van der Waals surface area contributed by atoms with Gasteiger partial charge in [-0.2, -0.15) is 0 Å². The molecule has 0 fully saturated rings. The van der Waals surface area contributed by atoms with Gasteiger partial charge in [0.05, 0.1) is 19.9 Å². The summed E-state index contributed by atoms with van der Waals surface area (Å²) in [6.45, 7) is -0.236. The van der Waals surface area contributed by atoms with Crippen LogP contribution in [0.1, 0.15) is 0 Å². The number of methoxy groups -OCH3 is 2. The summed E-state index contributed by atoms with van der Waals surface area (Å²) < 4.78 is 12.0. The van der Waals surface area contributed by atoms with Crippen LogP contribution in [0.3, 0.4) is 0 Å². The molecule has 0 aliphatic heterocycles. The van der Waals surface area contributed by atoms with Gasteiger partial charge in [-0.25, -0.2) is 0 Å². The van der Waals surface area contributed by atoms with Crippen molar-refractivity contribution in [2.45, 2.75) is 6.54 Å². The molecule has 0 spiro atoms. The maximum Gasteiger partial charge on any atom is 0.252 e. The third kappa shape index (κ3) is 4.23. The number of nitrogens with zero attached hydrogens (tertiary/aromatic N) is 1. The van der Waals surface area contributed by atoms with Gasteiger partial charge in [-0.05, 0) is 24.4 Å². The first-order chi connectivity index (χ1) is 11.8. The summed E-state index contributed by atoms with van der Waals surface area (Å²) in [5.74, 6) is -0.0149. The highest BCUT2D eigenvalue weighted by Gasteiger charge is 2.15. The van der Waals surface area contributed by atoms with Crippen molar-refractivity contribution in [3.63, 3.8) is 0 Å². The molecule has 0 atom stereocenters. The van der Waals surface area contributed by atoms with Crippen molar-refractivity contribution < 1.29 is 14.3 Å². The number of ether oxygens (including phenoxy) is 2. The second-order valence-electron chi connectivity index (χ2n) is 4.94. The Morgan fingerprint density at radius 2 is 2.08 bits per heavy atom. The zero-order valence-electron chi connectivity index (χ0n) is 13.6. The minimum atomic E-state index is -0.552. The number of H-pyrrole nitrogens is 1. The molecule has 9 nitrogen and oxygen atoms in total. The number of aromatic amines is 1. The van der Waals surface area contributed by atoms with E-state index < -0.39 is 17.4 Å². The molecule has 0 bridgehead atoms. The summed E-state index contributed by atoms with van der Waals surface area (Å²) in [5, 5.41) is 9.29. The third-order valence-electron chi connectivity index (χ3n) is 3.29. The predicted octanol–water partition coefficient (Wildman–Crippen LogP) is 0.600. The zero-order valence-corrected chi connectivity index (χ0v) is 14.4. The van der Waals surface area contributed by atoms with Gasteiger partial charge in [0.25, 0.3) is 5.56 Å². The van der Waals surface area contributed by atoms with Crippen LogP contribution in [0.2, 0.25) is 0 Å². The molecule has 5 N–H and O–H groups in total. The van der Waals surface area contributed by atoms with Crippen molar-refractivity contribution in [1.82, 2.24) is 14.9 Å². The molecule has 0 radical (unpaired) electrons. The Kier molecular flexibility index (Phi) is 5.55. The Morgan fingerprint density at radius 1 is 1.36 bits per heavy atom. The third-order valence-corrected chi connectivity index (χ3v) is 3.62. The SMILES string of the molecule is COc1ccc(-c2cc(=O)[nH]c(=S)n2CC(=O)NC(=N)N)c(OC)c1. The van der Waals surface area contributed by atoms with Crippen LogP contribution >= 0.6 is 12.2 Å². The minimum absolute atomic E-state index is 0.0547. The molecule has 1 aromatic heterocycles. The van der Waals surface area contributed by atoms with Crippen molar-refractivity contribution in [2.75, 3.05) is 14.2 Å². The highest BCUT2D eigenvalue weighted by Crippen LogP contribution is 2.32. The van der Waals surface area contributed by atoms with Crippen LogP contribution in [0.5, 0.6) is 11.5 Å². The van der Waals surface area contributed by atoms with Gasteiger partial charge in [0.1, 0.15) is 18.0 Å². The van der Waals surface area contributed by atoms with Crippen LogP contribution < -0.4 is 26.1 Å². The number of aromatic nitrogens is 2. The van der Waals surface area contributed by atoms with E-state index in [9.17, 15) is 9.59 Å². The van der Waals surface area contributed by atoms with E-state index in [1.165, 1.54) is 24.9 Å². The van der Waals surface area contributed by atoms with Crippen LogP contribution in [0.15, 0.2) is 29.1 Å². The van der Waals surface area contributed by atoms with Crippen molar-refractivity contribution in [3.8, 4) is 22.8 Å². The van der Waals surface area contributed by atoms with E-state index >= 15 is 0 Å². The molecule has 2 aromatic rings. The first-order valence-electron chi connectivity index (χ1n) is 7.06. The molecule has 25 heavy (non-hydrogen) atoms. The van der Waals surface area contributed by atoms with Gasteiger partial charge in [-0.3, -0.25) is 25.3 Å². The largest absolute Gasteiger partial charge is 0.497 e. The van der Waals surface area contributed by atoms with Gasteiger partial charge in [0.2, 0.25) is 5.91 Å². The number of carbonyl (C=O) groups excluding carboxylic acids is 1. The molecule has 2 rings (SSSR count). The van der Waals surface area contributed by atoms with E-state index in [0.717, 1.165) is 0 Å². The monoisotopic (exact) mass is 363 g/mol. The molecule has 10 heteroatoms. The zero-order chi connectivity index (χ0) is 18.6. The first-order valence-corrected chi connectivity index (χ1v) is 7.47. The van der Waals surface area contributed by atoms with Gasteiger partial charge >= 0.3 is 0 Å². The Labute approximate surface area is 147 Å². The van der Waals surface area contributed by atoms with Gasteiger partial charge in [0.15, 0.2) is 10.7 Å². The maximum atomic E-state index is 12.0. The Bertz CT molecular complexity index is 934. The fraction of sp³-hybridized carbons (Fsp3) is 0.200. The summed E-state index contributed by atoms with van der Waals surface area (Å²) in [6, 6.07) is 6.35. The van der Waals surface area contributed by atoms with E-state index in [4.69, 9.17) is 32.8 Å². The number of rotatable bonds is 5. The van der Waals surface area contributed by atoms with Crippen molar-refractivity contribution >= 4 is 24.1 Å². The molecule has 0 saturated carbocycles. The predicted molar refractivity (Wildman–Crippen MR) is 94.5 cm³/mol. The second kappa shape index (κ2) is 7.62. The quantitative estimate of drug-likeness (QED) is 0.349. The van der Waals surface area contributed by atoms with Crippen molar-refractivity contribution in [3.05, 3.63) is 39.4 Å². The van der Waals surface area contributed by atoms with Crippen LogP contribution in [0, 0.1) is 10.2 Å². The lowest BCUT2D eigenvalue weighted by molar-refractivity contribution is -0.120. The van der Waals surface area contributed by atoms with E-state index in [0.29, 0.717) is 22.8 Å². The number of hydrogen-bond acceptors (Lipinski definition) is 6. The van der Waals surface area contributed by atoms with Crippen molar-refractivity contribution in [1.29, 1.82) is 5.41 Å². The number of hydrogen-bond donors (Lipinski definition) is 4. The summed E-state index contributed by atoms with van der Waals surface area (Å²) in [5.41, 5.74) is 5.68. The highest BCUT2D eigenvalue weighted by atomic mass is 32.1. The molecule has 132 valence electrons. The van der Waals surface area contributed by atoms with E-state index in [1.54, 1.807) is 18.2 Å². The van der Waals surface area contributed by atoms with Gasteiger partial charge in [-0.15, -0.1) is 0 Å². The second-order valence-corrected chi connectivity index (χ2v) is 5.32. The summed E-state index contributed by atoms with van der Waals surface area (Å²) >= 11 is 5.16. The molecular weight excluding hydrogens is 346 g/mol. The standard InChI is InChI=1S/C15H17N5O4S/c1-23-8-3-4-9(11(5-8)24-2)10-6-12(21)19-15(25)20(10)7-13(22)18-14(16)17/h3-6H,7H2,1-2H3,(H,19,21,25)(H4,16,17,18,22). The average molecular weight is 363 g/mol. The van der Waals surface area contributed by atoms with Gasteiger partial charge in [0, 0.05) is 17.7 Å². The smallest absolute Gasteiger partial charge is 0.252 e. The Hall–Kier alpha value is -3.14. The van der Waals surface area contributed by atoms with Gasteiger partial charge < -0.3 is 19.8 Å². The molecular formula is C15H17N5O4S.